The molecular weight excluding hydrogens is 302 g/mol. The number of para-hydroxylation sites is 1. The molecule has 118 valence electrons. The van der Waals surface area contributed by atoms with Gasteiger partial charge in [-0.05, 0) is 23.8 Å². The molecule has 0 aliphatic rings. The van der Waals surface area contributed by atoms with Crippen LogP contribution in [0.15, 0.2) is 67.1 Å². The Hall–Kier alpha value is -3.41. The lowest BCUT2D eigenvalue weighted by Crippen LogP contribution is -2.13. The first-order chi connectivity index (χ1) is 11.8. The van der Waals surface area contributed by atoms with E-state index in [0.29, 0.717) is 18.1 Å². The molecule has 0 unspecified atom stereocenters. The van der Waals surface area contributed by atoms with Crippen LogP contribution in [0, 0.1) is 0 Å². The van der Waals surface area contributed by atoms with E-state index in [9.17, 15) is 4.79 Å². The molecule has 0 aliphatic carbocycles. The number of rotatable bonds is 4. The van der Waals surface area contributed by atoms with E-state index in [0.717, 1.165) is 16.5 Å². The van der Waals surface area contributed by atoms with Crippen LogP contribution in [0.2, 0.25) is 0 Å². The number of nitrogens with one attached hydrogen (secondary N) is 2. The molecule has 0 saturated heterocycles. The van der Waals surface area contributed by atoms with Crippen LogP contribution in [0.5, 0.6) is 0 Å². The van der Waals surface area contributed by atoms with Crippen molar-refractivity contribution in [1.82, 2.24) is 19.7 Å². The summed E-state index contributed by atoms with van der Waals surface area (Å²) in [4.78, 5) is 19.3. The van der Waals surface area contributed by atoms with Crippen LogP contribution >= 0.6 is 0 Å². The standard InChI is InChI=1S/C18H15N5O/c24-18(15-7-3-9-19-15)21-16-8-11-23(22-16)12-14-5-1-4-13-6-2-10-20-17(13)14/h1-11,19H,12H2,(H,21,22,24). The van der Waals surface area contributed by atoms with E-state index in [4.69, 9.17) is 0 Å². The van der Waals surface area contributed by atoms with E-state index in [-0.39, 0.29) is 5.91 Å². The van der Waals surface area contributed by atoms with Gasteiger partial charge in [-0.2, -0.15) is 5.10 Å². The molecule has 6 nitrogen and oxygen atoms in total. The number of H-pyrrole nitrogens is 1. The molecule has 0 spiro atoms. The first-order valence-corrected chi connectivity index (χ1v) is 7.60. The smallest absolute Gasteiger partial charge is 0.273 e. The van der Waals surface area contributed by atoms with Crippen LogP contribution in [-0.2, 0) is 6.54 Å². The van der Waals surface area contributed by atoms with E-state index in [1.807, 2.05) is 36.5 Å². The lowest BCUT2D eigenvalue weighted by atomic mass is 10.1. The SMILES string of the molecule is O=C(Nc1ccn(Cc2cccc3cccnc23)n1)c1ccc[nH]1. The lowest BCUT2D eigenvalue weighted by molar-refractivity contribution is 0.102. The Morgan fingerprint density at radius 2 is 2.04 bits per heavy atom. The van der Waals surface area contributed by atoms with Crippen LogP contribution in [0.25, 0.3) is 10.9 Å². The van der Waals surface area contributed by atoms with Crippen LogP contribution in [0.3, 0.4) is 0 Å². The average molecular weight is 317 g/mol. The minimum Gasteiger partial charge on any atom is -0.357 e. The first kappa shape index (κ1) is 14.2. The summed E-state index contributed by atoms with van der Waals surface area (Å²) in [7, 11) is 0. The maximum Gasteiger partial charge on any atom is 0.273 e. The number of hydrogen-bond acceptors (Lipinski definition) is 3. The van der Waals surface area contributed by atoms with Gasteiger partial charge in [0.1, 0.15) is 5.69 Å². The van der Waals surface area contributed by atoms with Gasteiger partial charge in [-0.1, -0.05) is 24.3 Å². The number of carbonyl (C=O) groups excluding carboxylic acids is 1. The molecule has 0 saturated carbocycles. The highest BCUT2D eigenvalue weighted by molar-refractivity contribution is 6.02. The minimum atomic E-state index is -0.211. The fourth-order valence-corrected chi connectivity index (χ4v) is 2.64. The number of anilines is 1. The fourth-order valence-electron chi connectivity index (χ4n) is 2.64. The molecule has 1 aromatic carbocycles. The summed E-state index contributed by atoms with van der Waals surface area (Å²) in [6.07, 6.45) is 5.34. The van der Waals surface area contributed by atoms with Gasteiger partial charge in [0.2, 0.25) is 0 Å². The molecule has 0 bridgehead atoms. The van der Waals surface area contributed by atoms with Crippen LogP contribution in [-0.4, -0.2) is 25.7 Å². The third kappa shape index (κ3) is 2.77. The molecule has 0 fully saturated rings. The highest BCUT2D eigenvalue weighted by Gasteiger charge is 2.09. The molecule has 1 amide bonds. The molecule has 4 aromatic rings. The van der Waals surface area contributed by atoms with Gasteiger partial charge in [0.15, 0.2) is 5.82 Å². The monoisotopic (exact) mass is 317 g/mol. The van der Waals surface area contributed by atoms with Crippen molar-refractivity contribution in [3.05, 3.63) is 78.4 Å². The maximum atomic E-state index is 12.0. The maximum absolute atomic E-state index is 12.0. The van der Waals surface area contributed by atoms with E-state index < -0.39 is 0 Å². The molecule has 3 heterocycles. The number of aromatic amines is 1. The molecule has 3 aromatic heterocycles. The van der Waals surface area contributed by atoms with Gasteiger partial charge in [0.05, 0.1) is 12.1 Å². The Balaban J connectivity index is 1.54. The van der Waals surface area contributed by atoms with Crippen LogP contribution in [0.4, 0.5) is 5.82 Å². The zero-order valence-corrected chi connectivity index (χ0v) is 12.8. The minimum absolute atomic E-state index is 0.211. The van der Waals surface area contributed by atoms with Crippen molar-refractivity contribution in [3.63, 3.8) is 0 Å². The number of amides is 1. The van der Waals surface area contributed by atoms with Crippen molar-refractivity contribution in [1.29, 1.82) is 0 Å². The van der Waals surface area contributed by atoms with Gasteiger partial charge in [-0.25, -0.2) is 0 Å². The normalized spacial score (nSPS) is 10.8. The Kier molecular flexibility index (Phi) is 3.55. The number of hydrogen-bond donors (Lipinski definition) is 2. The summed E-state index contributed by atoms with van der Waals surface area (Å²) in [6, 6.07) is 15.3. The number of fused-ring (bicyclic) bond motifs is 1. The number of aromatic nitrogens is 4. The summed E-state index contributed by atoms with van der Waals surface area (Å²) in [5.74, 6) is 0.305. The second-order valence-electron chi connectivity index (χ2n) is 5.43. The molecular formula is C18H15N5O. The molecule has 0 atom stereocenters. The van der Waals surface area contributed by atoms with Gasteiger partial charge in [-0.15, -0.1) is 0 Å². The zero-order chi connectivity index (χ0) is 16.4. The van der Waals surface area contributed by atoms with Crippen molar-refractivity contribution in [2.45, 2.75) is 6.54 Å². The topological polar surface area (TPSA) is 75.6 Å². The number of nitrogens with zero attached hydrogens (tertiary/aromatic N) is 3. The molecule has 6 heteroatoms. The number of carbonyl (C=O) groups is 1. The van der Waals surface area contributed by atoms with Crippen molar-refractivity contribution in [2.24, 2.45) is 0 Å². The summed E-state index contributed by atoms with van der Waals surface area (Å²) < 4.78 is 1.79. The quantitative estimate of drug-likeness (QED) is 0.607. The summed E-state index contributed by atoms with van der Waals surface area (Å²) in [6.45, 7) is 0.590. The van der Waals surface area contributed by atoms with Crippen molar-refractivity contribution < 1.29 is 4.79 Å². The highest BCUT2D eigenvalue weighted by Crippen LogP contribution is 2.17. The van der Waals surface area contributed by atoms with Crippen LogP contribution in [0.1, 0.15) is 16.1 Å². The first-order valence-electron chi connectivity index (χ1n) is 7.60. The Morgan fingerprint density at radius 3 is 2.92 bits per heavy atom. The van der Waals surface area contributed by atoms with Gasteiger partial charge in [0, 0.05) is 30.0 Å². The number of benzene rings is 1. The summed E-state index contributed by atoms with van der Waals surface area (Å²) in [5.41, 5.74) is 2.55. The van der Waals surface area contributed by atoms with E-state index in [2.05, 4.69) is 20.4 Å². The Labute approximate surface area is 138 Å². The highest BCUT2D eigenvalue weighted by atomic mass is 16.2. The lowest BCUT2D eigenvalue weighted by Gasteiger charge is -2.06. The predicted molar refractivity (Wildman–Crippen MR) is 91.8 cm³/mol. The average Bonchev–Trinajstić information content (AvgIpc) is 3.27. The zero-order valence-electron chi connectivity index (χ0n) is 12.8. The van der Waals surface area contributed by atoms with E-state index in [1.54, 1.807) is 35.3 Å². The third-order valence-electron chi connectivity index (χ3n) is 3.77. The predicted octanol–water partition coefficient (Wildman–Crippen LogP) is 3.06. The summed E-state index contributed by atoms with van der Waals surface area (Å²) in [5, 5.41) is 8.27. The molecule has 2 N–H and O–H groups in total. The van der Waals surface area contributed by atoms with Gasteiger partial charge < -0.3 is 10.3 Å². The Bertz CT molecular complexity index is 982. The molecule has 0 aliphatic heterocycles. The van der Waals surface area contributed by atoms with E-state index in [1.165, 1.54) is 0 Å². The van der Waals surface area contributed by atoms with Crippen molar-refractivity contribution in [3.8, 4) is 0 Å². The second-order valence-corrected chi connectivity index (χ2v) is 5.43. The van der Waals surface area contributed by atoms with Gasteiger partial charge >= 0.3 is 0 Å². The third-order valence-corrected chi connectivity index (χ3v) is 3.77. The van der Waals surface area contributed by atoms with Gasteiger partial charge in [-0.3, -0.25) is 14.5 Å². The van der Waals surface area contributed by atoms with Crippen LogP contribution < -0.4 is 5.32 Å². The summed E-state index contributed by atoms with van der Waals surface area (Å²) >= 11 is 0. The van der Waals surface area contributed by atoms with Crippen molar-refractivity contribution >= 4 is 22.6 Å². The Morgan fingerprint density at radius 1 is 1.12 bits per heavy atom. The van der Waals surface area contributed by atoms with E-state index >= 15 is 0 Å². The van der Waals surface area contributed by atoms with Gasteiger partial charge in [0.25, 0.3) is 5.91 Å². The van der Waals surface area contributed by atoms with Crippen molar-refractivity contribution in [2.75, 3.05) is 5.32 Å². The largest absolute Gasteiger partial charge is 0.357 e. The fraction of sp³-hybridized carbons (Fsp3) is 0.0556. The number of pyridine rings is 1. The second kappa shape index (κ2) is 6.00. The molecule has 24 heavy (non-hydrogen) atoms. The molecule has 0 radical (unpaired) electrons. The molecule has 4 rings (SSSR count).